The fourth-order valence-corrected chi connectivity index (χ4v) is 4.78. The third kappa shape index (κ3) is 4.47. The van der Waals surface area contributed by atoms with E-state index in [2.05, 4.69) is 27.9 Å². The van der Waals surface area contributed by atoms with Crippen molar-refractivity contribution >= 4 is 39.2 Å². The maximum atomic E-state index is 12.6. The normalized spacial score (nSPS) is 16.5. The Balaban J connectivity index is 1.98. The molecule has 25 heavy (non-hydrogen) atoms. The average Bonchev–Trinajstić information content (AvgIpc) is 2.97. The Hall–Kier alpha value is -1.27. The molecule has 0 aliphatic heterocycles. The number of fused-ring (bicyclic) bond motifs is 1. The van der Waals surface area contributed by atoms with Gasteiger partial charge in [-0.1, -0.05) is 30.6 Å². The van der Waals surface area contributed by atoms with Crippen LogP contribution in [0.2, 0.25) is 0 Å². The number of thioether (sulfide) groups is 1. The van der Waals surface area contributed by atoms with E-state index in [1.54, 1.807) is 11.3 Å². The van der Waals surface area contributed by atoms with Crippen molar-refractivity contribution in [1.82, 2.24) is 4.57 Å². The minimum absolute atomic E-state index is 0.0641. The van der Waals surface area contributed by atoms with Crippen molar-refractivity contribution in [2.45, 2.75) is 45.6 Å². The first kappa shape index (κ1) is 18.5. The lowest BCUT2D eigenvalue weighted by atomic mass is 9.89. The van der Waals surface area contributed by atoms with Gasteiger partial charge >= 0.3 is 0 Å². The molecule has 1 heterocycles. The van der Waals surface area contributed by atoms with Crippen molar-refractivity contribution in [3.8, 4) is 5.75 Å². The van der Waals surface area contributed by atoms with Crippen LogP contribution in [0.15, 0.2) is 23.2 Å². The molecule has 2 aromatic rings. The Morgan fingerprint density at radius 2 is 2.16 bits per heavy atom. The number of nitrogens with zero attached hydrogens (tertiary/aromatic N) is 2. The Morgan fingerprint density at radius 3 is 2.88 bits per heavy atom. The Labute approximate surface area is 157 Å². The van der Waals surface area contributed by atoms with Gasteiger partial charge in [0.15, 0.2) is 4.80 Å². The number of hydrogen-bond donors (Lipinski definition) is 0. The number of hydrogen-bond acceptors (Lipinski definition) is 4. The number of aryl methyl sites for hydroxylation is 1. The van der Waals surface area contributed by atoms with Crippen molar-refractivity contribution in [1.29, 1.82) is 0 Å². The molecule has 0 radical (unpaired) electrons. The monoisotopic (exact) mass is 378 g/mol. The third-order valence-electron chi connectivity index (χ3n) is 4.64. The Kier molecular flexibility index (Phi) is 6.59. The number of carbonyl (C=O) groups excluding carboxylic acids is 1. The molecule has 1 fully saturated rings. The van der Waals surface area contributed by atoms with E-state index in [-0.39, 0.29) is 11.8 Å². The molecule has 1 aliphatic carbocycles. The molecule has 1 aromatic carbocycles. The highest BCUT2D eigenvalue weighted by Gasteiger charge is 2.21. The van der Waals surface area contributed by atoms with Crippen LogP contribution in [0.4, 0.5) is 0 Å². The summed E-state index contributed by atoms with van der Waals surface area (Å²) in [5.41, 5.74) is 1.14. The SMILES string of the molecule is CCOc1ccc2c(c1)sc(=NC(=O)C1CCCCC1)n2CCSC. The summed E-state index contributed by atoms with van der Waals surface area (Å²) in [4.78, 5) is 18.0. The van der Waals surface area contributed by atoms with Gasteiger partial charge in [0.25, 0.3) is 5.91 Å². The minimum atomic E-state index is 0.0641. The zero-order chi connectivity index (χ0) is 17.6. The molecule has 0 unspecified atom stereocenters. The molecule has 1 saturated carbocycles. The summed E-state index contributed by atoms with van der Waals surface area (Å²) < 4.78 is 8.93. The second kappa shape index (κ2) is 8.90. The summed E-state index contributed by atoms with van der Waals surface area (Å²) in [5.74, 6) is 2.06. The molecular formula is C19H26N2O2S2. The first-order valence-electron chi connectivity index (χ1n) is 9.06. The Bertz CT molecular complexity index is 788. The highest BCUT2D eigenvalue weighted by molar-refractivity contribution is 7.98. The molecule has 0 spiro atoms. The average molecular weight is 379 g/mol. The van der Waals surface area contributed by atoms with Crippen LogP contribution in [-0.4, -0.2) is 29.1 Å². The van der Waals surface area contributed by atoms with Gasteiger partial charge < -0.3 is 9.30 Å². The first-order chi connectivity index (χ1) is 12.2. The molecule has 1 aliphatic rings. The molecule has 136 valence electrons. The molecule has 6 heteroatoms. The predicted molar refractivity (Wildman–Crippen MR) is 107 cm³/mol. The van der Waals surface area contributed by atoms with Crippen molar-refractivity contribution in [2.75, 3.05) is 18.6 Å². The standard InChI is InChI=1S/C19H26N2O2S2/c1-3-23-15-9-10-16-17(13-15)25-19(21(16)11-12-24-2)20-18(22)14-7-5-4-6-8-14/h9-10,13-14H,3-8,11-12H2,1-2H3. The molecule has 0 bridgehead atoms. The maximum absolute atomic E-state index is 12.6. The van der Waals surface area contributed by atoms with Gasteiger partial charge in [-0.25, -0.2) is 0 Å². The number of rotatable bonds is 6. The van der Waals surface area contributed by atoms with E-state index in [9.17, 15) is 4.79 Å². The van der Waals surface area contributed by atoms with E-state index >= 15 is 0 Å². The van der Waals surface area contributed by atoms with Crippen molar-refractivity contribution in [2.24, 2.45) is 10.9 Å². The quantitative estimate of drug-likeness (QED) is 0.745. The lowest BCUT2D eigenvalue weighted by Crippen LogP contribution is -2.22. The van der Waals surface area contributed by atoms with Crippen LogP contribution in [0.5, 0.6) is 5.75 Å². The number of thiazole rings is 1. The van der Waals surface area contributed by atoms with Gasteiger partial charge in [-0.05, 0) is 44.2 Å². The van der Waals surface area contributed by atoms with E-state index in [0.717, 1.165) is 58.7 Å². The summed E-state index contributed by atoms with van der Waals surface area (Å²) in [7, 11) is 0. The smallest absolute Gasteiger partial charge is 0.251 e. The number of ether oxygens (including phenoxy) is 1. The summed E-state index contributed by atoms with van der Waals surface area (Å²) >= 11 is 3.40. The number of aromatic nitrogens is 1. The maximum Gasteiger partial charge on any atom is 0.251 e. The van der Waals surface area contributed by atoms with E-state index < -0.39 is 0 Å². The molecule has 0 N–H and O–H groups in total. The second-order valence-corrected chi connectivity index (χ2v) is 8.37. The van der Waals surface area contributed by atoms with E-state index in [4.69, 9.17) is 4.74 Å². The first-order valence-corrected chi connectivity index (χ1v) is 11.3. The number of benzene rings is 1. The van der Waals surface area contributed by atoms with Gasteiger partial charge in [0.1, 0.15) is 5.75 Å². The third-order valence-corrected chi connectivity index (χ3v) is 6.28. The molecule has 0 saturated heterocycles. The fourth-order valence-electron chi connectivity index (χ4n) is 3.33. The summed E-state index contributed by atoms with van der Waals surface area (Å²) in [6, 6.07) is 6.14. The van der Waals surface area contributed by atoms with E-state index in [1.807, 2.05) is 24.8 Å². The zero-order valence-electron chi connectivity index (χ0n) is 15.0. The fraction of sp³-hybridized carbons (Fsp3) is 0.579. The largest absolute Gasteiger partial charge is 0.494 e. The molecule has 3 rings (SSSR count). The second-order valence-electron chi connectivity index (χ2n) is 6.38. The summed E-state index contributed by atoms with van der Waals surface area (Å²) in [6.07, 6.45) is 7.65. The van der Waals surface area contributed by atoms with Gasteiger partial charge in [-0.3, -0.25) is 4.79 Å². The molecule has 0 atom stereocenters. The van der Waals surface area contributed by atoms with Crippen molar-refractivity contribution < 1.29 is 9.53 Å². The summed E-state index contributed by atoms with van der Waals surface area (Å²) in [6.45, 7) is 3.51. The van der Waals surface area contributed by atoms with E-state index in [1.165, 1.54) is 6.42 Å². The van der Waals surface area contributed by atoms with E-state index in [0.29, 0.717) is 6.61 Å². The van der Waals surface area contributed by atoms with Gasteiger partial charge in [0.05, 0.1) is 16.8 Å². The molecule has 4 nitrogen and oxygen atoms in total. The minimum Gasteiger partial charge on any atom is -0.494 e. The lowest BCUT2D eigenvalue weighted by molar-refractivity contribution is -0.122. The Morgan fingerprint density at radius 1 is 1.36 bits per heavy atom. The van der Waals surface area contributed by atoms with Crippen molar-refractivity contribution in [3.63, 3.8) is 0 Å². The predicted octanol–water partition coefficient (Wildman–Crippen LogP) is 4.47. The van der Waals surface area contributed by atoms with Crippen LogP contribution >= 0.6 is 23.1 Å². The van der Waals surface area contributed by atoms with Crippen LogP contribution in [0.3, 0.4) is 0 Å². The zero-order valence-corrected chi connectivity index (χ0v) is 16.6. The van der Waals surface area contributed by atoms with Crippen LogP contribution in [-0.2, 0) is 11.3 Å². The van der Waals surface area contributed by atoms with Gasteiger partial charge in [0.2, 0.25) is 0 Å². The lowest BCUT2D eigenvalue weighted by Gasteiger charge is -2.17. The molecular weight excluding hydrogens is 352 g/mol. The van der Waals surface area contributed by atoms with Gasteiger partial charge in [0, 0.05) is 18.2 Å². The summed E-state index contributed by atoms with van der Waals surface area (Å²) in [5, 5.41) is 0. The molecule has 1 aromatic heterocycles. The number of carbonyl (C=O) groups is 1. The van der Waals surface area contributed by atoms with Crippen LogP contribution in [0.1, 0.15) is 39.0 Å². The van der Waals surface area contributed by atoms with Crippen LogP contribution in [0.25, 0.3) is 10.2 Å². The highest BCUT2D eigenvalue weighted by Crippen LogP contribution is 2.26. The number of amides is 1. The van der Waals surface area contributed by atoms with Gasteiger partial charge in [-0.2, -0.15) is 16.8 Å². The highest BCUT2D eigenvalue weighted by atomic mass is 32.2. The van der Waals surface area contributed by atoms with Crippen LogP contribution in [0, 0.1) is 5.92 Å². The molecule has 1 amide bonds. The topological polar surface area (TPSA) is 43.6 Å². The van der Waals surface area contributed by atoms with Crippen LogP contribution < -0.4 is 9.54 Å². The van der Waals surface area contributed by atoms with Gasteiger partial charge in [-0.15, -0.1) is 0 Å². The van der Waals surface area contributed by atoms with Crippen molar-refractivity contribution in [3.05, 3.63) is 23.0 Å².